The molecule has 1 atom stereocenters. The van der Waals surface area contributed by atoms with Crippen molar-refractivity contribution in [2.75, 3.05) is 6.54 Å². The number of aromatic nitrogens is 3. The van der Waals surface area contributed by atoms with Crippen LogP contribution >= 0.6 is 0 Å². The van der Waals surface area contributed by atoms with Crippen molar-refractivity contribution in [3.05, 3.63) is 54.6 Å². The predicted octanol–water partition coefficient (Wildman–Crippen LogP) is 2.95. The first-order valence-corrected chi connectivity index (χ1v) is 7.49. The number of hydrogen-bond donors (Lipinski definition) is 0. The molecule has 3 heterocycles. The summed E-state index contributed by atoms with van der Waals surface area (Å²) >= 11 is 0. The third-order valence-electron chi connectivity index (χ3n) is 3.93. The average Bonchev–Trinajstić information content (AvgIpc) is 3.34. The Morgan fingerprint density at radius 1 is 1.24 bits per heavy atom. The molecular weight excluding hydrogens is 334 g/mol. The van der Waals surface area contributed by atoms with E-state index in [1.165, 1.54) is 0 Å². The van der Waals surface area contributed by atoms with E-state index in [0.717, 1.165) is 17.6 Å². The number of benzene rings is 1. The summed E-state index contributed by atoms with van der Waals surface area (Å²) in [5.41, 5.74) is 0.617. The zero-order valence-corrected chi connectivity index (χ0v) is 12.8. The number of halogens is 2. The highest BCUT2D eigenvalue weighted by atomic mass is 19.3. The summed E-state index contributed by atoms with van der Waals surface area (Å²) in [5.74, 6) is -3.55. The van der Waals surface area contributed by atoms with E-state index in [9.17, 15) is 13.6 Å². The molecule has 1 aromatic carbocycles. The number of carbonyl (C=O) groups excluding carboxylic acids is 1. The van der Waals surface area contributed by atoms with Crippen molar-refractivity contribution in [1.82, 2.24) is 20.1 Å². The molecule has 3 aromatic rings. The maximum absolute atomic E-state index is 13.9. The van der Waals surface area contributed by atoms with Crippen LogP contribution in [0.3, 0.4) is 0 Å². The van der Waals surface area contributed by atoms with Crippen LogP contribution in [-0.4, -0.2) is 38.5 Å². The largest absolute Gasteiger partial charge is 0.451 e. The van der Waals surface area contributed by atoms with Crippen molar-refractivity contribution in [2.45, 2.75) is 18.4 Å². The molecule has 1 amide bonds. The van der Waals surface area contributed by atoms with Gasteiger partial charge in [-0.15, -0.1) is 10.2 Å². The van der Waals surface area contributed by atoms with Gasteiger partial charge in [0.05, 0.1) is 6.54 Å². The predicted molar refractivity (Wildman–Crippen MR) is 79.6 cm³/mol. The average molecular weight is 346 g/mol. The van der Waals surface area contributed by atoms with Crippen LogP contribution in [0.1, 0.15) is 28.8 Å². The third-order valence-corrected chi connectivity index (χ3v) is 3.93. The van der Waals surface area contributed by atoms with Crippen LogP contribution in [0.5, 0.6) is 0 Å². The van der Waals surface area contributed by atoms with E-state index in [1.807, 2.05) is 6.07 Å². The maximum atomic E-state index is 13.9. The molecule has 2 aromatic heterocycles. The minimum atomic E-state index is -3.05. The van der Waals surface area contributed by atoms with E-state index < -0.39 is 30.8 Å². The molecule has 0 radical (unpaired) electrons. The van der Waals surface area contributed by atoms with Crippen LogP contribution in [0.25, 0.3) is 11.5 Å². The molecule has 0 saturated carbocycles. The topological polar surface area (TPSA) is 85.3 Å². The SMILES string of the molecule is O=C(c1cocn1)N1CC(F)(F)C[C@H]1c1nnc(-c2ccccc2)o1. The lowest BCUT2D eigenvalue weighted by atomic mass is 10.2. The van der Waals surface area contributed by atoms with Crippen LogP contribution in [0.4, 0.5) is 8.78 Å². The van der Waals surface area contributed by atoms with Crippen LogP contribution in [0.15, 0.2) is 51.8 Å². The molecule has 128 valence electrons. The molecule has 1 aliphatic heterocycles. The lowest BCUT2D eigenvalue weighted by Crippen LogP contribution is -2.33. The lowest BCUT2D eigenvalue weighted by molar-refractivity contribution is 0.0116. The van der Waals surface area contributed by atoms with Gasteiger partial charge in [-0.25, -0.2) is 13.8 Å². The first-order valence-electron chi connectivity index (χ1n) is 7.49. The normalized spacial score (nSPS) is 19.3. The molecule has 0 aliphatic carbocycles. The van der Waals surface area contributed by atoms with E-state index in [1.54, 1.807) is 24.3 Å². The fourth-order valence-corrected chi connectivity index (χ4v) is 2.78. The van der Waals surface area contributed by atoms with Gasteiger partial charge in [-0.1, -0.05) is 18.2 Å². The molecule has 4 rings (SSSR count). The molecule has 0 N–H and O–H groups in total. The molecular formula is C16H12F2N4O3. The van der Waals surface area contributed by atoms with Crippen LogP contribution < -0.4 is 0 Å². The first-order chi connectivity index (χ1) is 12.0. The third kappa shape index (κ3) is 2.88. The molecule has 1 aliphatic rings. The summed E-state index contributed by atoms with van der Waals surface area (Å²) in [6.07, 6.45) is 1.59. The Bertz CT molecular complexity index is 880. The Kier molecular flexibility index (Phi) is 3.56. The zero-order chi connectivity index (χ0) is 17.4. The second-order valence-electron chi connectivity index (χ2n) is 5.69. The summed E-state index contributed by atoms with van der Waals surface area (Å²) < 4.78 is 38.2. The lowest BCUT2D eigenvalue weighted by Gasteiger charge is -2.19. The van der Waals surface area contributed by atoms with E-state index in [-0.39, 0.29) is 17.5 Å². The maximum Gasteiger partial charge on any atom is 0.276 e. The molecule has 25 heavy (non-hydrogen) atoms. The quantitative estimate of drug-likeness (QED) is 0.725. The molecule has 1 saturated heterocycles. The molecule has 0 unspecified atom stereocenters. The number of carbonyl (C=O) groups is 1. The molecule has 9 heteroatoms. The molecule has 0 spiro atoms. The zero-order valence-electron chi connectivity index (χ0n) is 12.8. The minimum absolute atomic E-state index is 0.0344. The van der Waals surface area contributed by atoms with Crippen molar-refractivity contribution in [3.63, 3.8) is 0 Å². The van der Waals surface area contributed by atoms with Gasteiger partial charge in [-0.05, 0) is 12.1 Å². The monoisotopic (exact) mass is 346 g/mol. The van der Waals surface area contributed by atoms with Gasteiger partial charge in [0, 0.05) is 12.0 Å². The van der Waals surface area contributed by atoms with Crippen molar-refractivity contribution < 1.29 is 22.4 Å². The fraction of sp³-hybridized carbons (Fsp3) is 0.250. The number of amides is 1. The van der Waals surface area contributed by atoms with Crippen LogP contribution in [0.2, 0.25) is 0 Å². The van der Waals surface area contributed by atoms with Crippen molar-refractivity contribution in [2.24, 2.45) is 0 Å². The van der Waals surface area contributed by atoms with E-state index in [0.29, 0.717) is 5.56 Å². The van der Waals surface area contributed by atoms with Crippen molar-refractivity contribution >= 4 is 5.91 Å². The highest BCUT2D eigenvalue weighted by Gasteiger charge is 2.50. The summed E-state index contributed by atoms with van der Waals surface area (Å²) in [4.78, 5) is 17.1. The number of rotatable bonds is 3. The summed E-state index contributed by atoms with van der Waals surface area (Å²) in [6, 6.07) is 7.92. The van der Waals surface area contributed by atoms with Gasteiger partial charge in [0.15, 0.2) is 12.1 Å². The van der Waals surface area contributed by atoms with Crippen LogP contribution in [-0.2, 0) is 0 Å². The summed E-state index contributed by atoms with van der Waals surface area (Å²) in [7, 11) is 0. The van der Waals surface area contributed by atoms with Crippen molar-refractivity contribution in [1.29, 1.82) is 0 Å². The van der Waals surface area contributed by atoms with E-state index >= 15 is 0 Å². The Morgan fingerprint density at radius 3 is 2.76 bits per heavy atom. The Labute approximate surface area is 140 Å². The van der Waals surface area contributed by atoms with Gasteiger partial charge >= 0.3 is 0 Å². The highest BCUT2D eigenvalue weighted by molar-refractivity contribution is 5.92. The van der Waals surface area contributed by atoms with Gasteiger partial charge in [-0.2, -0.15) is 0 Å². The standard InChI is InChI=1S/C16H12F2N4O3/c17-16(18)6-12(22(8-16)15(23)11-7-24-9-19-11)14-21-20-13(25-14)10-4-2-1-3-5-10/h1-5,7,9,12H,6,8H2/t12-/m0/s1. The summed E-state index contributed by atoms with van der Waals surface area (Å²) in [5, 5.41) is 7.77. The fourth-order valence-electron chi connectivity index (χ4n) is 2.78. The highest BCUT2D eigenvalue weighted by Crippen LogP contribution is 2.41. The van der Waals surface area contributed by atoms with E-state index in [4.69, 9.17) is 8.83 Å². The first kappa shape index (κ1) is 15.4. The smallest absolute Gasteiger partial charge is 0.276 e. The number of nitrogens with zero attached hydrogens (tertiary/aromatic N) is 4. The van der Waals surface area contributed by atoms with E-state index in [2.05, 4.69) is 15.2 Å². The summed E-state index contributed by atoms with van der Waals surface area (Å²) in [6.45, 7) is -0.744. The van der Waals surface area contributed by atoms with Gasteiger partial charge in [0.1, 0.15) is 12.3 Å². The number of likely N-dealkylation sites (tertiary alicyclic amines) is 1. The number of oxazole rings is 1. The number of hydrogen-bond acceptors (Lipinski definition) is 6. The molecule has 7 nitrogen and oxygen atoms in total. The minimum Gasteiger partial charge on any atom is -0.451 e. The van der Waals surface area contributed by atoms with Gasteiger partial charge < -0.3 is 13.7 Å². The Morgan fingerprint density at radius 2 is 2.04 bits per heavy atom. The second kappa shape index (κ2) is 5.76. The Balaban J connectivity index is 1.65. The number of alkyl halides is 2. The Hall–Kier alpha value is -3.10. The second-order valence-corrected chi connectivity index (χ2v) is 5.69. The van der Waals surface area contributed by atoms with Crippen molar-refractivity contribution in [3.8, 4) is 11.5 Å². The van der Waals surface area contributed by atoms with Crippen LogP contribution in [0, 0.1) is 0 Å². The van der Waals surface area contributed by atoms with Gasteiger partial charge in [0.2, 0.25) is 11.8 Å². The molecule has 0 bridgehead atoms. The van der Waals surface area contributed by atoms with Gasteiger partial charge in [-0.3, -0.25) is 4.79 Å². The molecule has 1 fully saturated rings. The van der Waals surface area contributed by atoms with Gasteiger partial charge in [0.25, 0.3) is 11.8 Å².